The average Bonchev–Trinajstić information content (AvgIpc) is 3.37. The number of hydrogen-bond donors (Lipinski definition) is 1. The summed E-state index contributed by atoms with van der Waals surface area (Å²) in [4.78, 5) is 25.3. The number of nitrogens with one attached hydrogen (secondary N) is 1. The van der Waals surface area contributed by atoms with E-state index in [1.807, 2.05) is 47.2 Å². The molecule has 3 rings (SSSR count). The number of ether oxygens (including phenoxy) is 1. The molecular formula is C22H26N4O3S2. The molecule has 3 aromatic rings. The Bertz CT molecular complexity index is 1040. The molecular weight excluding hydrogens is 432 g/mol. The number of carbonyl (C=O) groups is 2. The van der Waals surface area contributed by atoms with E-state index in [0.29, 0.717) is 15.7 Å². The van der Waals surface area contributed by atoms with E-state index < -0.39 is 5.97 Å². The van der Waals surface area contributed by atoms with Crippen molar-refractivity contribution in [2.75, 3.05) is 17.7 Å². The molecule has 31 heavy (non-hydrogen) atoms. The van der Waals surface area contributed by atoms with E-state index in [0.717, 1.165) is 23.4 Å². The summed E-state index contributed by atoms with van der Waals surface area (Å²) in [6.45, 7) is 8.18. The van der Waals surface area contributed by atoms with E-state index in [-0.39, 0.29) is 24.3 Å². The predicted octanol–water partition coefficient (Wildman–Crippen LogP) is 5.06. The summed E-state index contributed by atoms with van der Waals surface area (Å²) in [6, 6.07) is 9.79. The van der Waals surface area contributed by atoms with E-state index >= 15 is 0 Å². The number of esters is 1. The van der Waals surface area contributed by atoms with Gasteiger partial charge < -0.3 is 14.6 Å². The van der Waals surface area contributed by atoms with Crippen molar-refractivity contribution in [1.29, 1.82) is 0 Å². The number of benzene rings is 1. The standard InChI is InChI=1S/C22H26N4O3S2/c1-5-17-24-25-22(26(17)14(3)4)31-13-18(27)23-20-19(21(28)29-6-2)16(12-30-20)15-10-8-7-9-11-15/h7-12,14H,5-6,13H2,1-4H3,(H,23,27). The highest BCUT2D eigenvalue weighted by molar-refractivity contribution is 7.99. The number of rotatable bonds is 9. The van der Waals surface area contributed by atoms with Crippen LogP contribution in [0, 0.1) is 0 Å². The topological polar surface area (TPSA) is 86.1 Å². The van der Waals surface area contributed by atoms with Gasteiger partial charge in [-0.1, -0.05) is 49.0 Å². The highest BCUT2D eigenvalue weighted by atomic mass is 32.2. The molecule has 1 N–H and O–H groups in total. The fourth-order valence-electron chi connectivity index (χ4n) is 3.14. The Hall–Kier alpha value is -2.65. The quantitative estimate of drug-likeness (QED) is 0.356. The van der Waals surface area contributed by atoms with Crippen LogP contribution < -0.4 is 5.32 Å². The first kappa shape index (κ1) is 23.0. The number of thioether (sulfide) groups is 1. The van der Waals surface area contributed by atoms with Crippen molar-refractivity contribution in [3.05, 3.63) is 47.1 Å². The highest BCUT2D eigenvalue weighted by Gasteiger charge is 2.23. The van der Waals surface area contributed by atoms with Gasteiger partial charge in [-0.2, -0.15) is 0 Å². The minimum absolute atomic E-state index is 0.162. The van der Waals surface area contributed by atoms with Crippen molar-refractivity contribution >= 4 is 40.0 Å². The van der Waals surface area contributed by atoms with Crippen molar-refractivity contribution in [1.82, 2.24) is 14.8 Å². The van der Waals surface area contributed by atoms with Gasteiger partial charge >= 0.3 is 5.97 Å². The SMILES string of the molecule is CCOC(=O)c1c(-c2ccccc2)csc1NC(=O)CSc1nnc(CC)n1C(C)C. The van der Waals surface area contributed by atoms with Crippen LogP contribution in [0.15, 0.2) is 40.9 Å². The van der Waals surface area contributed by atoms with Crippen LogP contribution in [0.25, 0.3) is 11.1 Å². The monoisotopic (exact) mass is 458 g/mol. The smallest absolute Gasteiger partial charge is 0.341 e. The number of nitrogens with zero attached hydrogens (tertiary/aromatic N) is 3. The Balaban J connectivity index is 1.78. The molecule has 0 aliphatic rings. The number of carbonyl (C=O) groups excluding carboxylic acids is 2. The molecule has 0 bridgehead atoms. The lowest BCUT2D eigenvalue weighted by Gasteiger charge is -2.13. The lowest BCUT2D eigenvalue weighted by molar-refractivity contribution is -0.113. The van der Waals surface area contributed by atoms with Gasteiger partial charge in [0.05, 0.1) is 12.4 Å². The number of thiophene rings is 1. The second-order valence-electron chi connectivity index (χ2n) is 6.99. The molecule has 2 heterocycles. The van der Waals surface area contributed by atoms with Crippen molar-refractivity contribution < 1.29 is 14.3 Å². The lowest BCUT2D eigenvalue weighted by atomic mass is 10.0. The Labute approximate surface area is 190 Å². The van der Waals surface area contributed by atoms with E-state index in [2.05, 4.69) is 29.4 Å². The minimum Gasteiger partial charge on any atom is -0.462 e. The second-order valence-corrected chi connectivity index (χ2v) is 8.82. The maximum atomic E-state index is 12.7. The predicted molar refractivity (Wildman–Crippen MR) is 125 cm³/mol. The largest absolute Gasteiger partial charge is 0.462 e. The van der Waals surface area contributed by atoms with Gasteiger partial charge in [-0.3, -0.25) is 4.79 Å². The first-order valence-electron chi connectivity index (χ1n) is 10.2. The van der Waals surface area contributed by atoms with Crippen LogP contribution in [0.1, 0.15) is 49.9 Å². The molecule has 1 aromatic carbocycles. The summed E-state index contributed by atoms with van der Waals surface area (Å²) in [7, 11) is 0. The van der Waals surface area contributed by atoms with E-state index in [9.17, 15) is 9.59 Å². The molecule has 0 spiro atoms. The Morgan fingerprint density at radius 2 is 1.94 bits per heavy atom. The maximum Gasteiger partial charge on any atom is 0.341 e. The Kier molecular flexibility index (Phi) is 7.86. The van der Waals surface area contributed by atoms with Crippen LogP contribution in [0.5, 0.6) is 0 Å². The van der Waals surface area contributed by atoms with Gasteiger partial charge in [-0.05, 0) is 26.3 Å². The summed E-state index contributed by atoms with van der Waals surface area (Å²) in [6.07, 6.45) is 0.776. The van der Waals surface area contributed by atoms with Gasteiger partial charge in [0.1, 0.15) is 16.4 Å². The molecule has 0 fully saturated rings. The number of aromatic nitrogens is 3. The zero-order chi connectivity index (χ0) is 22.4. The molecule has 0 aliphatic carbocycles. The van der Waals surface area contributed by atoms with Crippen LogP contribution in [0.4, 0.5) is 5.00 Å². The second kappa shape index (κ2) is 10.6. The molecule has 2 aromatic heterocycles. The van der Waals surface area contributed by atoms with Crippen molar-refractivity contribution in [3.63, 3.8) is 0 Å². The van der Waals surface area contributed by atoms with Gasteiger partial charge in [0.15, 0.2) is 5.16 Å². The van der Waals surface area contributed by atoms with E-state index in [1.54, 1.807) is 6.92 Å². The van der Waals surface area contributed by atoms with Gasteiger partial charge in [0.2, 0.25) is 5.91 Å². The average molecular weight is 459 g/mol. The van der Waals surface area contributed by atoms with Gasteiger partial charge in [0, 0.05) is 23.4 Å². The fourth-order valence-corrected chi connectivity index (χ4v) is 5.00. The minimum atomic E-state index is -0.447. The van der Waals surface area contributed by atoms with Crippen LogP contribution in [-0.4, -0.2) is 39.0 Å². The van der Waals surface area contributed by atoms with Crippen molar-refractivity contribution in [3.8, 4) is 11.1 Å². The van der Waals surface area contributed by atoms with E-state index in [4.69, 9.17) is 4.74 Å². The summed E-state index contributed by atoms with van der Waals surface area (Å²) < 4.78 is 7.29. The molecule has 9 heteroatoms. The third kappa shape index (κ3) is 5.34. The van der Waals surface area contributed by atoms with Crippen LogP contribution in [0.2, 0.25) is 0 Å². The Morgan fingerprint density at radius 1 is 1.19 bits per heavy atom. The third-order valence-electron chi connectivity index (χ3n) is 4.51. The summed E-state index contributed by atoms with van der Waals surface area (Å²) in [5, 5.41) is 14.4. The van der Waals surface area contributed by atoms with E-state index in [1.165, 1.54) is 23.1 Å². The van der Waals surface area contributed by atoms with Crippen molar-refractivity contribution in [2.24, 2.45) is 0 Å². The summed E-state index contributed by atoms with van der Waals surface area (Å²) >= 11 is 2.65. The van der Waals surface area contributed by atoms with Gasteiger partial charge in [-0.15, -0.1) is 21.5 Å². The molecule has 0 saturated heterocycles. The zero-order valence-electron chi connectivity index (χ0n) is 18.0. The lowest BCUT2D eigenvalue weighted by Crippen LogP contribution is -2.17. The number of hydrogen-bond acceptors (Lipinski definition) is 7. The Morgan fingerprint density at radius 3 is 2.58 bits per heavy atom. The molecule has 0 unspecified atom stereocenters. The fraction of sp³-hybridized carbons (Fsp3) is 0.364. The summed E-state index contributed by atoms with van der Waals surface area (Å²) in [5.41, 5.74) is 2.03. The number of amides is 1. The van der Waals surface area contributed by atoms with Crippen LogP contribution in [0.3, 0.4) is 0 Å². The van der Waals surface area contributed by atoms with Gasteiger partial charge in [-0.25, -0.2) is 4.79 Å². The third-order valence-corrected chi connectivity index (χ3v) is 6.35. The first-order valence-corrected chi connectivity index (χ1v) is 12.0. The molecule has 0 atom stereocenters. The molecule has 0 saturated carbocycles. The zero-order valence-corrected chi connectivity index (χ0v) is 19.7. The molecule has 0 radical (unpaired) electrons. The number of anilines is 1. The molecule has 7 nitrogen and oxygen atoms in total. The van der Waals surface area contributed by atoms with Gasteiger partial charge in [0.25, 0.3) is 0 Å². The van der Waals surface area contributed by atoms with Crippen LogP contribution >= 0.6 is 23.1 Å². The normalized spacial score (nSPS) is 11.0. The number of aryl methyl sites for hydroxylation is 1. The summed E-state index contributed by atoms with van der Waals surface area (Å²) in [5.74, 6) is 0.398. The highest BCUT2D eigenvalue weighted by Crippen LogP contribution is 2.36. The molecule has 0 aliphatic heterocycles. The first-order chi connectivity index (χ1) is 15.0. The van der Waals surface area contributed by atoms with Crippen molar-refractivity contribution in [2.45, 2.75) is 45.3 Å². The maximum absolute atomic E-state index is 12.7. The molecule has 1 amide bonds. The van der Waals surface area contributed by atoms with Crippen LogP contribution in [-0.2, 0) is 16.0 Å². The molecule has 164 valence electrons.